The molecule has 1 aliphatic heterocycles. The molecule has 0 amide bonds. The van der Waals surface area contributed by atoms with Gasteiger partial charge in [0.05, 0.1) is 41.5 Å². The van der Waals surface area contributed by atoms with Crippen LogP contribution >= 0.6 is 0 Å². The van der Waals surface area contributed by atoms with E-state index in [1.807, 2.05) is 55.4 Å². The van der Waals surface area contributed by atoms with Gasteiger partial charge < -0.3 is 24.1 Å². The van der Waals surface area contributed by atoms with Gasteiger partial charge in [-0.1, -0.05) is 87.6 Å². The Morgan fingerprint density at radius 3 is 1.38 bits per heavy atom. The van der Waals surface area contributed by atoms with Crippen LogP contribution in [-0.2, 0) is 38.1 Å². The summed E-state index contributed by atoms with van der Waals surface area (Å²) in [6.07, 6.45) is 20.2. The van der Waals surface area contributed by atoms with Gasteiger partial charge in [0.2, 0.25) is 0 Å². The largest absolute Gasteiger partial charge is 0.469 e. The number of carbonyl (C=O) groups is 4. The average Bonchev–Trinajstić information content (AvgIpc) is 3.89. The van der Waals surface area contributed by atoms with Gasteiger partial charge in [-0.2, -0.15) is 0 Å². The van der Waals surface area contributed by atoms with E-state index >= 15 is 0 Å². The van der Waals surface area contributed by atoms with E-state index in [9.17, 15) is 24.3 Å². The first kappa shape index (κ1) is 73.4. The van der Waals surface area contributed by atoms with Crippen molar-refractivity contribution in [3.05, 3.63) is 0 Å². The summed E-state index contributed by atoms with van der Waals surface area (Å²) in [6, 6.07) is 0. The zero-order chi connectivity index (χ0) is 44.3. The zero-order valence-corrected chi connectivity index (χ0v) is 39.8. The predicted octanol–water partition coefficient (Wildman–Crippen LogP) is 16.5. The highest BCUT2D eigenvalue weighted by Gasteiger charge is 2.61. The maximum Gasteiger partial charge on any atom is 0.312 e. The monoisotopic (exact) mass is 985 g/mol. The molecular weight excluding hydrogens is 865 g/mol. The van der Waals surface area contributed by atoms with Gasteiger partial charge in [0.1, 0.15) is 11.2 Å². The Hall–Kier alpha value is -2.16. The Balaban J connectivity index is -0.000000408. The third kappa shape index (κ3) is 15.2. The van der Waals surface area contributed by atoms with Crippen LogP contribution in [0.15, 0.2) is 0 Å². The molecule has 10 saturated carbocycles. The molecule has 11 rings (SSSR count). The summed E-state index contributed by atoms with van der Waals surface area (Å²) in [4.78, 5) is 47.0. The predicted molar refractivity (Wildman–Crippen MR) is 293 cm³/mol. The lowest BCUT2D eigenvalue weighted by Crippen LogP contribution is -2.61. The molecular formula is C60H120O9. The van der Waals surface area contributed by atoms with Crippen LogP contribution in [0.5, 0.6) is 0 Å². The number of rotatable bonds is 9. The Labute approximate surface area is 429 Å². The second-order valence-corrected chi connectivity index (χ2v) is 24.2. The van der Waals surface area contributed by atoms with Crippen molar-refractivity contribution in [2.24, 2.45) is 74.9 Å². The molecule has 11 aliphatic rings. The van der Waals surface area contributed by atoms with Crippen LogP contribution in [0.25, 0.3) is 0 Å². The molecule has 11 fully saturated rings. The van der Waals surface area contributed by atoms with Crippen LogP contribution in [-0.4, -0.2) is 59.5 Å². The topological polar surface area (TPSA) is 125 Å². The molecule has 6 atom stereocenters. The number of hydrogen-bond acceptors (Lipinski definition) is 9. The van der Waals surface area contributed by atoms with Gasteiger partial charge >= 0.3 is 23.9 Å². The molecule has 1 N–H and O–H groups in total. The number of methoxy groups -OCH3 is 1. The molecule has 10 aliphatic carbocycles. The van der Waals surface area contributed by atoms with Crippen molar-refractivity contribution in [1.82, 2.24) is 0 Å². The molecule has 1 saturated heterocycles. The SMILES string of the molecule is C.C.C.C.C.C.C.C.C.CCC(C)(C)C(=O)OC.CCC(C)(C)C(=O)OC(C)(C)C12CC3CC(CC(C3)C1)C2.CCC(C)(C)C(=O)OC12CC3CC(CC(O)(C3)C1)C2.O=C1OCC2C3CCC(C3)C12. The van der Waals surface area contributed by atoms with Crippen molar-refractivity contribution in [1.29, 1.82) is 0 Å². The number of aliphatic hydroxyl groups is 1. The summed E-state index contributed by atoms with van der Waals surface area (Å²) >= 11 is 0. The minimum Gasteiger partial charge on any atom is -0.469 e. The van der Waals surface area contributed by atoms with Crippen LogP contribution in [0, 0.1) is 74.9 Å². The van der Waals surface area contributed by atoms with E-state index in [1.165, 1.54) is 71.3 Å². The van der Waals surface area contributed by atoms with Gasteiger partial charge in [0.25, 0.3) is 0 Å². The van der Waals surface area contributed by atoms with E-state index in [1.54, 1.807) is 0 Å². The fourth-order valence-electron chi connectivity index (χ4n) is 13.9. The fraction of sp³-hybridized carbons (Fsp3) is 0.933. The van der Waals surface area contributed by atoms with Gasteiger partial charge in [-0.3, -0.25) is 19.2 Å². The minimum atomic E-state index is -0.555. The average molecular weight is 986 g/mol. The van der Waals surface area contributed by atoms with Gasteiger partial charge in [-0.15, -0.1) is 0 Å². The first-order chi connectivity index (χ1) is 27.8. The van der Waals surface area contributed by atoms with E-state index in [-0.39, 0.29) is 118 Å². The molecule has 6 unspecified atom stereocenters. The van der Waals surface area contributed by atoms with Crippen molar-refractivity contribution in [3.8, 4) is 0 Å². The molecule has 0 aromatic carbocycles. The molecule has 0 aromatic heterocycles. The lowest BCUT2D eigenvalue weighted by molar-refractivity contribution is -0.225. The minimum absolute atomic E-state index is 0. The number of fused-ring (bicyclic) bond motifs is 5. The Morgan fingerprint density at radius 2 is 0.986 bits per heavy atom. The number of hydrogen-bond donors (Lipinski definition) is 1. The zero-order valence-electron chi connectivity index (χ0n) is 39.8. The molecule has 9 nitrogen and oxygen atoms in total. The summed E-state index contributed by atoms with van der Waals surface area (Å²) in [5.74, 6) is 6.13. The van der Waals surface area contributed by atoms with E-state index in [0.29, 0.717) is 36.0 Å². The Kier molecular flexibility index (Phi) is 28.4. The van der Waals surface area contributed by atoms with E-state index in [4.69, 9.17) is 14.2 Å². The highest BCUT2D eigenvalue weighted by atomic mass is 16.6. The number of cyclic esters (lactones) is 1. The van der Waals surface area contributed by atoms with Gasteiger partial charge in [0.15, 0.2) is 0 Å². The smallest absolute Gasteiger partial charge is 0.312 e. The normalized spacial score (nSPS) is 33.9. The van der Waals surface area contributed by atoms with Crippen molar-refractivity contribution in [2.75, 3.05) is 13.7 Å². The van der Waals surface area contributed by atoms with Crippen LogP contribution in [0.3, 0.4) is 0 Å². The van der Waals surface area contributed by atoms with E-state index in [2.05, 4.69) is 25.5 Å². The molecule has 10 bridgehead atoms. The first-order valence-corrected chi connectivity index (χ1v) is 24.3. The summed E-state index contributed by atoms with van der Waals surface area (Å²) in [6.45, 7) is 22.8. The summed E-state index contributed by atoms with van der Waals surface area (Å²) in [7, 11) is 1.42. The number of ether oxygens (including phenoxy) is 4. The standard InChI is InChI=1S/C19H32O2.C16H26O3.C9H12O2.C7H14O2.9CH4/c1-6-17(2,3)16(20)21-18(4,5)19-10-13-7-14(11-19)9-15(8-13)12-19;1-4-14(2,3)13(17)19-16-8-11-5-12(9-16)7-15(18,6-11)10-16;10-9-8-6-2-1-5(3-6)7(8)4-11-9;1-5-7(2,3)6(8)9-4;;;;;;;;;/h13-15H,6-12H2,1-5H3;11-12,18H,4-10H2,1-3H3;5-8H,1-4H2;5H2,1-4H3;9*1H4. The molecule has 0 aromatic rings. The van der Waals surface area contributed by atoms with E-state index < -0.39 is 11.0 Å². The Morgan fingerprint density at radius 1 is 0.580 bits per heavy atom. The van der Waals surface area contributed by atoms with Crippen LogP contribution in [0.2, 0.25) is 0 Å². The number of carbonyl (C=O) groups excluding carboxylic acids is 4. The maximum absolute atomic E-state index is 12.6. The second-order valence-electron chi connectivity index (χ2n) is 24.2. The van der Waals surface area contributed by atoms with Crippen LogP contribution in [0.1, 0.15) is 259 Å². The van der Waals surface area contributed by atoms with Crippen LogP contribution < -0.4 is 0 Å². The van der Waals surface area contributed by atoms with Crippen molar-refractivity contribution >= 4 is 23.9 Å². The Bertz CT molecular complexity index is 1540. The molecule has 0 radical (unpaired) electrons. The first-order valence-electron chi connectivity index (χ1n) is 24.3. The van der Waals surface area contributed by atoms with Crippen molar-refractivity contribution in [2.45, 2.75) is 275 Å². The molecule has 414 valence electrons. The van der Waals surface area contributed by atoms with Crippen molar-refractivity contribution in [3.63, 3.8) is 0 Å². The van der Waals surface area contributed by atoms with Crippen molar-refractivity contribution < 1.29 is 43.2 Å². The highest BCUT2D eigenvalue weighted by Crippen LogP contribution is 2.65. The molecule has 1 heterocycles. The molecule has 69 heavy (non-hydrogen) atoms. The summed E-state index contributed by atoms with van der Waals surface area (Å²) in [5, 5.41) is 10.6. The third-order valence-corrected chi connectivity index (χ3v) is 18.2. The second kappa shape index (κ2) is 26.7. The quantitative estimate of drug-likeness (QED) is 0.178. The number of esters is 4. The molecule has 9 heteroatoms. The fourth-order valence-corrected chi connectivity index (χ4v) is 13.9. The summed E-state index contributed by atoms with van der Waals surface area (Å²) in [5.41, 5.74) is -2.06. The lowest BCUT2D eigenvalue weighted by Gasteiger charge is -2.61. The van der Waals surface area contributed by atoms with Gasteiger partial charge in [-0.25, -0.2) is 0 Å². The third-order valence-electron chi connectivity index (χ3n) is 18.2. The van der Waals surface area contributed by atoms with Gasteiger partial charge in [-0.05, 0) is 206 Å². The highest BCUT2D eigenvalue weighted by molar-refractivity contribution is 5.77. The van der Waals surface area contributed by atoms with Gasteiger partial charge in [0, 0.05) is 17.8 Å². The summed E-state index contributed by atoms with van der Waals surface area (Å²) < 4.78 is 21.7. The lowest BCUT2D eigenvalue weighted by atomic mass is 9.46. The molecule has 0 spiro atoms. The maximum atomic E-state index is 12.6. The van der Waals surface area contributed by atoms with E-state index in [0.717, 1.165) is 75.2 Å². The van der Waals surface area contributed by atoms with Crippen LogP contribution in [0.4, 0.5) is 0 Å².